The number of nitrogens with zero attached hydrogens (tertiary/aromatic N) is 2. The lowest BCUT2D eigenvalue weighted by Crippen LogP contribution is -2.28. The normalized spacial score (nSPS) is 13.6. The molecule has 0 fully saturated rings. The Morgan fingerprint density at radius 1 is 1.09 bits per heavy atom. The number of amides is 1. The van der Waals surface area contributed by atoms with Crippen molar-refractivity contribution >= 4 is 11.6 Å². The molecule has 1 heterocycles. The molecule has 0 radical (unpaired) electrons. The average Bonchev–Trinajstić information content (AvgIpc) is 2.55. The van der Waals surface area contributed by atoms with E-state index in [0.29, 0.717) is 0 Å². The lowest BCUT2D eigenvalue weighted by Gasteiger charge is -2.31. The molecule has 0 bridgehead atoms. The molecule has 0 aromatic heterocycles. The second kappa shape index (κ2) is 6.22. The molecule has 3 heteroatoms. The van der Waals surface area contributed by atoms with Crippen LogP contribution < -0.4 is 4.90 Å². The molecule has 0 saturated carbocycles. The van der Waals surface area contributed by atoms with E-state index < -0.39 is 0 Å². The second-order valence-corrected chi connectivity index (χ2v) is 6.05. The first kappa shape index (κ1) is 14.6. The minimum atomic E-state index is 0.0508. The number of aryl methyl sites for hydroxylation is 1. The number of carbonyl (C=O) groups is 1. The standard InChI is InChI=1S/C19H22N2O/c1-20(2)19(22)17-11-9-15(10-12-17)14-21-13-5-7-16-6-3-4-8-18(16)21/h3-4,6,8-12H,5,7,13-14H2,1-2H3. The summed E-state index contributed by atoms with van der Waals surface area (Å²) < 4.78 is 0. The Bertz CT molecular complexity index is 661. The highest BCUT2D eigenvalue weighted by molar-refractivity contribution is 5.93. The smallest absolute Gasteiger partial charge is 0.253 e. The number of rotatable bonds is 3. The van der Waals surface area contributed by atoms with Gasteiger partial charge in [-0.15, -0.1) is 0 Å². The van der Waals surface area contributed by atoms with Crippen molar-refractivity contribution in [3.05, 3.63) is 65.2 Å². The lowest BCUT2D eigenvalue weighted by atomic mass is 10.0. The molecule has 0 unspecified atom stereocenters. The Morgan fingerprint density at radius 2 is 1.82 bits per heavy atom. The fourth-order valence-corrected chi connectivity index (χ4v) is 3.01. The van der Waals surface area contributed by atoms with Crippen molar-refractivity contribution in [2.24, 2.45) is 0 Å². The fraction of sp³-hybridized carbons (Fsp3) is 0.316. The Morgan fingerprint density at radius 3 is 2.55 bits per heavy atom. The second-order valence-electron chi connectivity index (χ2n) is 6.05. The summed E-state index contributed by atoms with van der Waals surface area (Å²) >= 11 is 0. The molecule has 1 amide bonds. The summed E-state index contributed by atoms with van der Waals surface area (Å²) in [4.78, 5) is 16.0. The van der Waals surface area contributed by atoms with Gasteiger partial charge in [-0.25, -0.2) is 0 Å². The van der Waals surface area contributed by atoms with Crippen LogP contribution >= 0.6 is 0 Å². The maximum atomic E-state index is 11.9. The van der Waals surface area contributed by atoms with Crippen LogP contribution in [-0.2, 0) is 13.0 Å². The number of hydrogen-bond donors (Lipinski definition) is 0. The number of benzene rings is 2. The molecule has 1 aliphatic heterocycles. The van der Waals surface area contributed by atoms with Crippen LogP contribution in [-0.4, -0.2) is 31.4 Å². The highest BCUT2D eigenvalue weighted by Crippen LogP contribution is 2.28. The van der Waals surface area contributed by atoms with Crippen molar-refractivity contribution in [2.75, 3.05) is 25.5 Å². The molecular formula is C19H22N2O. The van der Waals surface area contributed by atoms with Gasteiger partial charge >= 0.3 is 0 Å². The molecule has 114 valence electrons. The summed E-state index contributed by atoms with van der Waals surface area (Å²) in [5, 5.41) is 0. The van der Waals surface area contributed by atoms with Crippen LogP contribution in [0, 0.1) is 0 Å². The summed E-state index contributed by atoms with van der Waals surface area (Å²) in [6.45, 7) is 1.99. The topological polar surface area (TPSA) is 23.6 Å². The summed E-state index contributed by atoms with van der Waals surface area (Å²) in [5.74, 6) is 0.0508. The zero-order chi connectivity index (χ0) is 15.5. The third-order valence-electron chi connectivity index (χ3n) is 4.19. The van der Waals surface area contributed by atoms with Gasteiger partial charge in [-0.05, 0) is 42.2 Å². The van der Waals surface area contributed by atoms with Crippen LogP contribution in [0.15, 0.2) is 48.5 Å². The van der Waals surface area contributed by atoms with Gasteiger partial charge in [-0.3, -0.25) is 4.79 Å². The minimum absolute atomic E-state index is 0.0508. The number of para-hydroxylation sites is 1. The Kier molecular flexibility index (Phi) is 4.14. The number of carbonyl (C=O) groups excluding carboxylic acids is 1. The van der Waals surface area contributed by atoms with E-state index in [9.17, 15) is 4.79 Å². The van der Waals surface area contributed by atoms with Gasteiger partial charge in [-0.1, -0.05) is 30.3 Å². The van der Waals surface area contributed by atoms with Gasteiger partial charge in [0.25, 0.3) is 5.91 Å². The van der Waals surface area contributed by atoms with Gasteiger partial charge in [0.1, 0.15) is 0 Å². The third-order valence-corrected chi connectivity index (χ3v) is 4.19. The first-order valence-corrected chi connectivity index (χ1v) is 7.78. The molecular weight excluding hydrogens is 272 g/mol. The van der Waals surface area contributed by atoms with E-state index in [1.165, 1.54) is 29.7 Å². The Hall–Kier alpha value is -2.29. The summed E-state index contributed by atoms with van der Waals surface area (Å²) in [6, 6.07) is 16.6. The van der Waals surface area contributed by atoms with Gasteiger partial charge in [0.2, 0.25) is 0 Å². The highest BCUT2D eigenvalue weighted by atomic mass is 16.2. The SMILES string of the molecule is CN(C)C(=O)c1ccc(CN2CCCc3ccccc32)cc1. The molecule has 0 saturated heterocycles. The van der Waals surface area contributed by atoms with Crippen molar-refractivity contribution in [3.8, 4) is 0 Å². The summed E-state index contributed by atoms with van der Waals surface area (Å²) in [7, 11) is 3.56. The Labute approximate surface area is 132 Å². The number of fused-ring (bicyclic) bond motifs is 1. The van der Waals surface area contributed by atoms with Crippen LogP contribution in [0.2, 0.25) is 0 Å². The lowest BCUT2D eigenvalue weighted by molar-refractivity contribution is 0.0827. The summed E-state index contributed by atoms with van der Waals surface area (Å²) in [5.41, 5.74) is 4.77. The van der Waals surface area contributed by atoms with Crippen LogP contribution in [0.5, 0.6) is 0 Å². The van der Waals surface area contributed by atoms with E-state index in [1.54, 1.807) is 19.0 Å². The van der Waals surface area contributed by atoms with Gasteiger partial charge in [-0.2, -0.15) is 0 Å². The van der Waals surface area contributed by atoms with E-state index in [1.807, 2.05) is 12.1 Å². The average molecular weight is 294 g/mol. The molecule has 3 rings (SSSR count). The van der Waals surface area contributed by atoms with E-state index in [-0.39, 0.29) is 5.91 Å². The van der Waals surface area contributed by atoms with Crippen LogP contribution in [0.4, 0.5) is 5.69 Å². The fourth-order valence-electron chi connectivity index (χ4n) is 3.01. The molecule has 3 nitrogen and oxygen atoms in total. The van der Waals surface area contributed by atoms with E-state index in [0.717, 1.165) is 18.7 Å². The monoisotopic (exact) mass is 294 g/mol. The van der Waals surface area contributed by atoms with Gasteiger partial charge in [0.05, 0.1) is 0 Å². The van der Waals surface area contributed by atoms with Crippen molar-refractivity contribution in [1.29, 1.82) is 0 Å². The van der Waals surface area contributed by atoms with Crippen molar-refractivity contribution in [1.82, 2.24) is 4.90 Å². The predicted octanol–water partition coefficient (Wildman–Crippen LogP) is 3.34. The predicted molar refractivity (Wildman–Crippen MR) is 90.3 cm³/mol. The molecule has 1 aliphatic rings. The van der Waals surface area contributed by atoms with Crippen molar-refractivity contribution in [3.63, 3.8) is 0 Å². The van der Waals surface area contributed by atoms with E-state index in [4.69, 9.17) is 0 Å². The van der Waals surface area contributed by atoms with Crippen molar-refractivity contribution < 1.29 is 4.79 Å². The minimum Gasteiger partial charge on any atom is -0.367 e. The largest absolute Gasteiger partial charge is 0.367 e. The molecule has 2 aromatic rings. The maximum absolute atomic E-state index is 11.9. The van der Waals surface area contributed by atoms with Crippen molar-refractivity contribution in [2.45, 2.75) is 19.4 Å². The maximum Gasteiger partial charge on any atom is 0.253 e. The zero-order valence-electron chi connectivity index (χ0n) is 13.2. The molecule has 2 aromatic carbocycles. The molecule has 0 spiro atoms. The third kappa shape index (κ3) is 2.98. The first-order valence-electron chi connectivity index (χ1n) is 7.78. The zero-order valence-corrected chi connectivity index (χ0v) is 13.2. The van der Waals surface area contributed by atoms with Gasteiger partial charge in [0.15, 0.2) is 0 Å². The van der Waals surface area contributed by atoms with E-state index >= 15 is 0 Å². The summed E-state index contributed by atoms with van der Waals surface area (Å²) in [6.07, 6.45) is 2.37. The van der Waals surface area contributed by atoms with Crippen LogP contribution in [0.25, 0.3) is 0 Å². The van der Waals surface area contributed by atoms with Crippen LogP contribution in [0.1, 0.15) is 27.9 Å². The molecule has 0 aliphatic carbocycles. The van der Waals surface area contributed by atoms with E-state index in [2.05, 4.69) is 41.3 Å². The Balaban J connectivity index is 1.76. The van der Waals surface area contributed by atoms with Gasteiger partial charge in [0, 0.05) is 38.4 Å². The first-order chi connectivity index (χ1) is 10.6. The van der Waals surface area contributed by atoms with Gasteiger partial charge < -0.3 is 9.80 Å². The van der Waals surface area contributed by atoms with Crippen LogP contribution in [0.3, 0.4) is 0 Å². The number of hydrogen-bond acceptors (Lipinski definition) is 2. The highest BCUT2D eigenvalue weighted by Gasteiger charge is 2.16. The molecule has 0 atom stereocenters. The quantitative estimate of drug-likeness (QED) is 0.867. The molecule has 0 N–H and O–H groups in total. The number of anilines is 1. The molecule has 22 heavy (non-hydrogen) atoms.